The van der Waals surface area contributed by atoms with Gasteiger partial charge in [0.1, 0.15) is 5.82 Å². The van der Waals surface area contributed by atoms with E-state index in [-0.39, 0.29) is 11.6 Å². The summed E-state index contributed by atoms with van der Waals surface area (Å²) in [6.45, 7) is 4.07. The van der Waals surface area contributed by atoms with Crippen LogP contribution in [0.3, 0.4) is 0 Å². The molecular weight excluding hydrogens is 232 g/mol. The summed E-state index contributed by atoms with van der Waals surface area (Å²) < 4.78 is 1.67. The van der Waals surface area contributed by atoms with Crippen molar-refractivity contribution in [1.29, 1.82) is 0 Å². The number of hydrogen-bond acceptors (Lipinski definition) is 4. The van der Waals surface area contributed by atoms with E-state index in [2.05, 4.69) is 10.1 Å². The topological polar surface area (TPSA) is 70.7 Å². The lowest BCUT2D eigenvalue weighted by Crippen LogP contribution is -2.16. The van der Waals surface area contributed by atoms with Gasteiger partial charge in [0.05, 0.1) is 5.69 Å². The SMILES string of the molecule is CC(C)c1cc2nc(C(=O)O)cc(N(C)C)n2n1. The van der Waals surface area contributed by atoms with Gasteiger partial charge in [0.2, 0.25) is 0 Å². The van der Waals surface area contributed by atoms with E-state index in [0.29, 0.717) is 11.5 Å². The summed E-state index contributed by atoms with van der Waals surface area (Å²) in [6, 6.07) is 3.34. The summed E-state index contributed by atoms with van der Waals surface area (Å²) in [6.07, 6.45) is 0. The van der Waals surface area contributed by atoms with Gasteiger partial charge in [0.25, 0.3) is 0 Å². The van der Waals surface area contributed by atoms with Crippen molar-refractivity contribution in [3.8, 4) is 0 Å². The molecule has 0 atom stereocenters. The van der Waals surface area contributed by atoms with Crippen molar-refractivity contribution >= 4 is 17.4 Å². The van der Waals surface area contributed by atoms with E-state index in [1.807, 2.05) is 38.9 Å². The number of rotatable bonds is 3. The Bertz CT molecular complexity index is 601. The van der Waals surface area contributed by atoms with Crippen molar-refractivity contribution in [2.24, 2.45) is 0 Å². The molecule has 0 aliphatic carbocycles. The van der Waals surface area contributed by atoms with Gasteiger partial charge in [-0.1, -0.05) is 13.8 Å². The van der Waals surface area contributed by atoms with E-state index in [9.17, 15) is 4.79 Å². The molecule has 0 saturated carbocycles. The van der Waals surface area contributed by atoms with Crippen LogP contribution in [0.1, 0.15) is 35.9 Å². The van der Waals surface area contributed by atoms with Crippen LogP contribution in [0.4, 0.5) is 5.82 Å². The average molecular weight is 248 g/mol. The molecule has 18 heavy (non-hydrogen) atoms. The Balaban J connectivity index is 2.73. The molecule has 0 aliphatic rings. The van der Waals surface area contributed by atoms with Crippen LogP contribution in [0, 0.1) is 0 Å². The van der Waals surface area contributed by atoms with E-state index in [1.54, 1.807) is 4.52 Å². The second-order valence-electron chi connectivity index (χ2n) is 4.69. The minimum absolute atomic E-state index is 0.0291. The van der Waals surface area contributed by atoms with Crippen LogP contribution in [-0.4, -0.2) is 39.8 Å². The van der Waals surface area contributed by atoms with Crippen molar-refractivity contribution < 1.29 is 9.90 Å². The number of carboxylic acids is 1. The normalized spacial score (nSPS) is 11.2. The number of carbonyl (C=O) groups is 1. The zero-order valence-electron chi connectivity index (χ0n) is 10.9. The van der Waals surface area contributed by atoms with Crippen LogP contribution in [0.2, 0.25) is 0 Å². The first-order valence-corrected chi connectivity index (χ1v) is 5.71. The quantitative estimate of drug-likeness (QED) is 0.893. The van der Waals surface area contributed by atoms with Gasteiger partial charge in [0, 0.05) is 26.2 Å². The molecule has 0 radical (unpaired) electrons. The predicted octanol–water partition coefficient (Wildman–Crippen LogP) is 1.62. The molecular formula is C12H16N4O2. The lowest BCUT2D eigenvalue weighted by molar-refractivity contribution is 0.0690. The molecule has 0 spiro atoms. The third kappa shape index (κ3) is 2.01. The number of nitrogens with zero attached hydrogens (tertiary/aromatic N) is 4. The highest BCUT2D eigenvalue weighted by molar-refractivity contribution is 5.87. The molecule has 2 aromatic heterocycles. The van der Waals surface area contributed by atoms with E-state index >= 15 is 0 Å². The number of aromatic nitrogens is 3. The van der Waals surface area contributed by atoms with Crippen LogP contribution in [-0.2, 0) is 0 Å². The maximum atomic E-state index is 11.0. The molecule has 96 valence electrons. The van der Waals surface area contributed by atoms with Crippen LogP contribution in [0.15, 0.2) is 12.1 Å². The summed E-state index contributed by atoms with van der Waals surface area (Å²) in [4.78, 5) is 17.0. The van der Waals surface area contributed by atoms with E-state index in [1.165, 1.54) is 6.07 Å². The Hall–Kier alpha value is -2.11. The Kier molecular flexibility index (Phi) is 2.94. The minimum Gasteiger partial charge on any atom is -0.477 e. The molecule has 0 saturated heterocycles. The third-order valence-corrected chi connectivity index (χ3v) is 2.70. The highest BCUT2D eigenvalue weighted by Crippen LogP contribution is 2.20. The Morgan fingerprint density at radius 2 is 2.06 bits per heavy atom. The standard InChI is InChI=1S/C12H16N4O2/c1-7(2)8-5-10-13-9(12(17)18)6-11(15(3)4)16(10)14-8/h5-7H,1-4H3,(H,17,18). The Morgan fingerprint density at radius 1 is 1.39 bits per heavy atom. The molecule has 6 nitrogen and oxygen atoms in total. The molecule has 0 fully saturated rings. The van der Waals surface area contributed by atoms with E-state index in [0.717, 1.165) is 5.69 Å². The zero-order chi connectivity index (χ0) is 13.4. The summed E-state index contributed by atoms with van der Waals surface area (Å²) in [7, 11) is 3.69. The molecule has 0 unspecified atom stereocenters. The molecule has 2 rings (SSSR count). The van der Waals surface area contributed by atoms with Crippen LogP contribution in [0.5, 0.6) is 0 Å². The van der Waals surface area contributed by atoms with Gasteiger partial charge in [-0.15, -0.1) is 0 Å². The fourth-order valence-corrected chi connectivity index (χ4v) is 1.69. The Morgan fingerprint density at radius 3 is 2.56 bits per heavy atom. The minimum atomic E-state index is -1.03. The summed E-state index contributed by atoms with van der Waals surface area (Å²) >= 11 is 0. The van der Waals surface area contributed by atoms with Crippen LogP contribution >= 0.6 is 0 Å². The fourth-order valence-electron chi connectivity index (χ4n) is 1.69. The maximum absolute atomic E-state index is 11.0. The third-order valence-electron chi connectivity index (χ3n) is 2.70. The second kappa shape index (κ2) is 4.29. The maximum Gasteiger partial charge on any atom is 0.354 e. The first kappa shape index (κ1) is 12.3. The lowest BCUT2D eigenvalue weighted by Gasteiger charge is -2.14. The van der Waals surface area contributed by atoms with Crippen molar-refractivity contribution in [1.82, 2.24) is 14.6 Å². The van der Waals surface area contributed by atoms with Gasteiger partial charge in [-0.3, -0.25) is 0 Å². The van der Waals surface area contributed by atoms with Gasteiger partial charge in [-0.05, 0) is 5.92 Å². The summed E-state index contributed by atoms with van der Waals surface area (Å²) in [5, 5.41) is 13.5. The summed E-state index contributed by atoms with van der Waals surface area (Å²) in [5.41, 5.74) is 1.48. The number of anilines is 1. The van der Waals surface area contributed by atoms with Gasteiger partial charge in [-0.2, -0.15) is 9.61 Å². The molecule has 2 aromatic rings. The average Bonchev–Trinajstić information content (AvgIpc) is 2.70. The van der Waals surface area contributed by atoms with Crippen molar-refractivity contribution in [3.05, 3.63) is 23.5 Å². The molecule has 0 aromatic carbocycles. The van der Waals surface area contributed by atoms with Gasteiger partial charge in [0.15, 0.2) is 11.3 Å². The Labute approximate surface area is 105 Å². The monoisotopic (exact) mass is 248 g/mol. The first-order chi connectivity index (χ1) is 8.40. The zero-order valence-corrected chi connectivity index (χ0v) is 10.9. The number of aromatic carboxylic acids is 1. The smallest absolute Gasteiger partial charge is 0.354 e. The summed E-state index contributed by atoms with van der Waals surface area (Å²) in [5.74, 6) is -0.0628. The number of carboxylic acid groups (broad SMARTS) is 1. The van der Waals surface area contributed by atoms with E-state index in [4.69, 9.17) is 5.11 Å². The van der Waals surface area contributed by atoms with Crippen molar-refractivity contribution in [2.45, 2.75) is 19.8 Å². The first-order valence-electron chi connectivity index (χ1n) is 5.71. The molecule has 0 aliphatic heterocycles. The highest BCUT2D eigenvalue weighted by Gasteiger charge is 2.15. The lowest BCUT2D eigenvalue weighted by atomic mass is 10.1. The predicted molar refractivity (Wildman–Crippen MR) is 68.4 cm³/mol. The van der Waals surface area contributed by atoms with Gasteiger partial charge >= 0.3 is 5.97 Å². The highest BCUT2D eigenvalue weighted by atomic mass is 16.4. The van der Waals surface area contributed by atoms with E-state index < -0.39 is 5.97 Å². The molecule has 1 N–H and O–H groups in total. The number of hydrogen-bond donors (Lipinski definition) is 1. The van der Waals surface area contributed by atoms with Crippen molar-refractivity contribution in [2.75, 3.05) is 19.0 Å². The van der Waals surface area contributed by atoms with Crippen molar-refractivity contribution in [3.63, 3.8) is 0 Å². The molecule has 0 amide bonds. The molecule has 2 heterocycles. The molecule has 0 bridgehead atoms. The molecule has 6 heteroatoms. The van der Waals surface area contributed by atoms with Crippen LogP contribution in [0.25, 0.3) is 5.65 Å². The van der Waals surface area contributed by atoms with Gasteiger partial charge < -0.3 is 10.0 Å². The largest absolute Gasteiger partial charge is 0.477 e. The second-order valence-corrected chi connectivity index (χ2v) is 4.69. The number of fused-ring (bicyclic) bond motifs is 1. The van der Waals surface area contributed by atoms with Crippen LogP contribution < -0.4 is 4.90 Å². The fraction of sp³-hybridized carbons (Fsp3) is 0.417. The van der Waals surface area contributed by atoms with Gasteiger partial charge in [-0.25, -0.2) is 9.78 Å².